The Balaban J connectivity index is 1.78. The predicted molar refractivity (Wildman–Crippen MR) is 83.4 cm³/mol. The molecule has 2 aromatic rings. The summed E-state index contributed by atoms with van der Waals surface area (Å²) in [6, 6.07) is 3.92. The van der Waals surface area contributed by atoms with E-state index >= 15 is 0 Å². The van der Waals surface area contributed by atoms with Gasteiger partial charge in [-0.3, -0.25) is 15.0 Å². The van der Waals surface area contributed by atoms with Crippen molar-refractivity contribution < 1.29 is 9.31 Å². The quantitative estimate of drug-likeness (QED) is 0.642. The number of likely N-dealkylation sites (tertiary alicyclic amines) is 1. The smallest absolute Gasteiger partial charge is 0.274 e. The number of nitro groups is 1. The molecule has 1 aliphatic heterocycles. The standard InChI is InChI=1S/C16H19FN4O2/c1-12-4-6-19(10-16(12)20-7-5-18-11-20)9-13-8-14(17)2-3-15(13)21(22)23/h2-3,5,7-8,11-12,16H,4,6,9-10H2,1H3/t12-,16-/m0/s1. The first-order valence-electron chi connectivity index (χ1n) is 7.67. The molecule has 23 heavy (non-hydrogen) atoms. The van der Waals surface area contributed by atoms with Gasteiger partial charge in [0.05, 0.1) is 11.3 Å². The van der Waals surface area contributed by atoms with E-state index in [2.05, 4.69) is 21.4 Å². The molecule has 1 aliphatic rings. The van der Waals surface area contributed by atoms with Crippen LogP contribution in [0.3, 0.4) is 0 Å². The number of piperidine rings is 1. The third-order valence-electron chi connectivity index (χ3n) is 4.54. The van der Waals surface area contributed by atoms with E-state index in [-0.39, 0.29) is 11.7 Å². The maximum absolute atomic E-state index is 13.5. The maximum Gasteiger partial charge on any atom is 0.274 e. The second-order valence-corrected chi connectivity index (χ2v) is 6.11. The van der Waals surface area contributed by atoms with Crippen LogP contribution in [0.1, 0.15) is 24.9 Å². The number of hydrogen-bond donors (Lipinski definition) is 0. The van der Waals surface area contributed by atoms with Crippen LogP contribution < -0.4 is 0 Å². The second-order valence-electron chi connectivity index (χ2n) is 6.11. The number of hydrogen-bond acceptors (Lipinski definition) is 4. The number of nitro benzene ring substituents is 1. The molecule has 0 radical (unpaired) electrons. The van der Waals surface area contributed by atoms with Crippen molar-refractivity contribution in [3.63, 3.8) is 0 Å². The van der Waals surface area contributed by atoms with Crippen LogP contribution in [0.5, 0.6) is 0 Å². The fourth-order valence-corrected chi connectivity index (χ4v) is 3.21. The highest BCUT2D eigenvalue weighted by Gasteiger charge is 2.28. The van der Waals surface area contributed by atoms with E-state index in [0.29, 0.717) is 18.0 Å². The molecular formula is C16H19FN4O2. The Hall–Kier alpha value is -2.28. The number of imidazole rings is 1. The number of aromatic nitrogens is 2. The van der Waals surface area contributed by atoms with E-state index in [0.717, 1.165) is 25.6 Å². The zero-order valence-corrected chi connectivity index (χ0v) is 12.9. The molecule has 0 saturated carbocycles. The van der Waals surface area contributed by atoms with Gasteiger partial charge < -0.3 is 4.57 Å². The Bertz CT molecular complexity index is 689. The zero-order valence-electron chi connectivity index (χ0n) is 12.9. The molecule has 0 amide bonds. The van der Waals surface area contributed by atoms with E-state index in [9.17, 15) is 14.5 Å². The Morgan fingerprint density at radius 1 is 1.48 bits per heavy atom. The van der Waals surface area contributed by atoms with E-state index in [1.165, 1.54) is 12.1 Å². The molecule has 3 rings (SSSR count). The van der Waals surface area contributed by atoms with Crippen LogP contribution in [0.4, 0.5) is 10.1 Å². The number of nitrogens with zero attached hydrogens (tertiary/aromatic N) is 4. The summed E-state index contributed by atoms with van der Waals surface area (Å²) in [5, 5.41) is 11.1. The second kappa shape index (κ2) is 6.45. The molecule has 1 aromatic heterocycles. The van der Waals surface area contributed by atoms with Crippen molar-refractivity contribution in [2.75, 3.05) is 13.1 Å². The summed E-state index contributed by atoms with van der Waals surface area (Å²) < 4.78 is 15.6. The van der Waals surface area contributed by atoms with Gasteiger partial charge in [-0.2, -0.15) is 0 Å². The highest BCUT2D eigenvalue weighted by Crippen LogP contribution is 2.30. The monoisotopic (exact) mass is 318 g/mol. The topological polar surface area (TPSA) is 64.2 Å². The third-order valence-corrected chi connectivity index (χ3v) is 4.54. The maximum atomic E-state index is 13.5. The molecule has 0 spiro atoms. The largest absolute Gasteiger partial charge is 0.333 e. The molecule has 0 aliphatic carbocycles. The third kappa shape index (κ3) is 3.39. The minimum absolute atomic E-state index is 0.0239. The molecule has 6 nitrogen and oxygen atoms in total. The fourth-order valence-electron chi connectivity index (χ4n) is 3.21. The van der Waals surface area contributed by atoms with E-state index in [4.69, 9.17) is 0 Å². The number of benzene rings is 1. The Morgan fingerprint density at radius 2 is 2.30 bits per heavy atom. The highest BCUT2D eigenvalue weighted by molar-refractivity contribution is 5.40. The fraction of sp³-hybridized carbons (Fsp3) is 0.438. The summed E-state index contributed by atoms with van der Waals surface area (Å²) >= 11 is 0. The van der Waals surface area contributed by atoms with Crippen molar-refractivity contribution in [1.82, 2.24) is 14.5 Å². The van der Waals surface area contributed by atoms with E-state index in [1.54, 1.807) is 12.5 Å². The molecule has 1 aromatic carbocycles. The van der Waals surface area contributed by atoms with Gasteiger partial charge >= 0.3 is 0 Å². The lowest BCUT2D eigenvalue weighted by Gasteiger charge is -2.37. The van der Waals surface area contributed by atoms with Gasteiger partial charge in [0.1, 0.15) is 5.82 Å². The van der Waals surface area contributed by atoms with Crippen LogP contribution in [0.25, 0.3) is 0 Å². The zero-order chi connectivity index (χ0) is 16.4. The van der Waals surface area contributed by atoms with Crippen LogP contribution in [-0.4, -0.2) is 32.5 Å². The van der Waals surface area contributed by atoms with Crippen molar-refractivity contribution in [2.45, 2.75) is 25.9 Å². The lowest BCUT2D eigenvalue weighted by molar-refractivity contribution is -0.385. The van der Waals surface area contributed by atoms with E-state index < -0.39 is 10.7 Å². The van der Waals surface area contributed by atoms with Crippen LogP contribution in [-0.2, 0) is 6.54 Å². The number of halogens is 1. The van der Waals surface area contributed by atoms with Crippen LogP contribution in [0, 0.1) is 21.8 Å². The van der Waals surface area contributed by atoms with Gasteiger partial charge in [-0.15, -0.1) is 0 Å². The van der Waals surface area contributed by atoms with Gasteiger partial charge in [-0.05, 0) is 31.0 Å². The highest BCUT2D eigenvalue weighted by atomic mass is 19.1. The van der Waals surface area contributed by atoms with Crippen molar-refractivity contribution >= 4 is 5.69 Å². The molecule has 0 bridgehead atoms. The van der Waals surface area contributed by atoms with Crippen LogP contribution in [0.15, 0.2) is 36.9 Å². The molecule has 1 saturated heterocycles. The first-order valence-corrected chi connectivity index (χ1v) is 7.67. The minimum atomic E-state index is -0.450. The van der Waals surface area contributed by atoms with Crippen molar-refractivity contribution in [2.24, 2.45) is 5.92 Å². The predicted octanol–water partition coefficient (Wildman–Crippen LogP) is 3.01. The minimum Gasteiger partial charge on any atom is -0.333 e. The summed E-state index contributed by atoms with van der Waals surface area (Å²) in [6.45, 7) is 4.20. The van der Waals surface area contributed by atoms with E-state index in [1.807, 2.05) is 6.20 Å². The van der Waals surface area contributed by atoms with Gasteiger partial charge in [0.25, 0.3) is 5.69 Å². The average molecular weight is 318 g/mol. The van der Waals surface area contributed by atoms with Gasteiger partial charge in [0.15, 0.2) is 0 Å². The first kappa shape index (κ1) is 15.6. The Morgan fingerprint density at radius 3 is 3.00 bits per heavy atom. The molecule has 2 atom stereocenters. The molecule has 1 fully saturated rings. The molecular weight excluding hydrogens is 299 g/mol. The van der Waals surface area contributed by atoms with Gasteiger partial charge in [0.2, 0.25) is 0 Å². The van der Waals surface area contributed by atoms with Crippen molar-refractivity contribution in [3.8, 4) is 0 Å². The van der Waals surface area contributed by atoms with Gasteiger partial charge in [-0.25, -0.2) is 9.37 Å². The SMILES string of the molecule is C[C@H]1CCN(Cc2cc(F)ccc2[N+](=O)[O-])C[C@@H]1n1ccnc1. The van der Waals surface area contributed by atoms with Gasteiger partial charge in [-0.1, -0.05) is 6.92 Å². The molecule has 2 heterocycles. The molecule has 0 unspecified atom stereocenters. The van der Waals surface area contributed by atoms with Crippen LogP contribution in [0.2, 0.25) is 0 Å². The van der Waals surface area contributed by atoms with Crippen LogP contribution >= 0.6 is 0 Å². The first-order chi connectivity index (χ1) is 11.0. The summed E-state index contributed by atoms with van der Waals surface area (Å²) in [5.41, 5.74) is 0.401. The molecule has 0 N–H and O–H groups in total. The average Bonchev–Trinajstić information content (AvgIpc) is 3.03. The van der Waals surface area contributed by atoms with Crippen molar-refractivity contribution in [1.29, 1.82) is 0 Å². The lowest BCUT2D eigenvalue weighted by Crippen LogP contribution is -2.40. The van der Waals surface area contributed by atoms with Gasteiger partial charge in [0, 0.05) is 43.2 Å². The summed E-state index contributed by atoms with van der Waals surface area (Å²) in [7, 11) is 0. The summed E-state index contributed by atoms with van der Waals surface area (Å²) in [5.74, 6) is 0.0603. The summed E-state index contributed by atoms with van der Waals surface area (Å²) in [6.07, 6.45) is 6.49. The number of rotatable bonds is 4. The normalized spacial score (nSPS) is 22.2. The lowest BCUT2D eigenvalue weighted by atomic mass is 9.93. The van der Waals surface area contributed by atoms with Crippen molar-refractivity contribution in [3.05, 3.63) is 58.4 Å². The summed E-state index contributed by atoms with van der Waals surface area (Å²) in [4.78, 5) is 16.9. The molecule has 7 heteroatoms. The Kier molecular flexibility index (Phi) is 4.38. The molecule has 122 valence electrons. The Labute approximate surface area is 133 Å².